The molecule has 4 rings (SSSR count). The SMILES string of the molecule is O=C(CCc1cc(-c2ccc(Nc3ccccn3)cc2)no1)c1ccc(Cl)s1. The van der Waals surface area contributed by atoms with Crippen molar-refractivity contribution in [3.63, 3.8) is 0 Å². The maximum absolute atomic E-state index is 12.2. The Morgan fingerprint density at radius 1 is 1.11 bits per heavy atom. The molecule has 7 heteroatoms. The summed E-state index contributed by atoms with van der Waals surface area (Å²) in [7, 11) is 0. The third kappa shape index (κ3) is 4.47. The molecule has 0 aliphatic heterocycles. The molecule has 3 heterocycles. The topological polar surface area (TPSA) is 68.0 Å². The molecular weight excluding hydrogens is 394 g/mol. The minimum absolute atomic E-state index is 0.0554. The second kappa shape index (κ2) is 8.37. The van der Waals surface area contributed by atoms with Gasteiger partial charge < -0.3 is 9.84 Å². The molecule has 3 aromatic heterocycles. The smallest absolute Gasteiger partial charge is 0.173 e. The summed E-state index contributed by atoms with van der Waals surface area (Å²) in [5.41, 5.74) is 2.62. The van der Waals surface area contributed by atoms with Gasteiger partial charge >= 0.3 is 0 Å². The van der Waals surface area contributed by atoms with Crippen LogP contribution in [0.5, 0.6) is 0 Å². The van der Waals surface area contributed by atoms with E-state index in [1.165, 1.54) is 11.3 Å². The van der Waals surface area contributed by atoms with E-state index in [4.69, 9.17) is 16.1 Å². The Morgan fingerprint density at radius 3 is 2.68 bits per heavy atom. The molecule has 140 valence electrons. The van der Waals surface area contributed by atoms with Crippen LogP contribution in [0.4, 0.5) is 11.5 Å². The molecule has 0 radical (unpaired) electrons. The fourth-order valence-electron chi connectivity index (χ4n) is 2.70. The van der Waals surface area contributed by atoms with Gasteiger partial charge in [-0.1, -0.05) is 35.0 Å². The van der Waals surface area contributed by atoms with Gasteiger partial charge in [0.25, 0.3) is 0 Å². The second-order valence-electron chi connectivity index (χ2n) is 6.12. The number of rotatable bonds is 7. The van der Waals surface area contributed by atoms with Crippen LogP contribution >= 0.6 is 22.9 Å². The van der Waals surface area contributed by atoms with Gasteiger partial charge in [-0.3, -0.25) is 4.79 Å². The fraction of sp³-hybridized carbons (Fsp3) is 0.0952. The van der Waals surface area contributed by atoms with Crippen molar-refractivity contribution in [1.29, 1.82) is 0 Å². The maximum Gasteiger partial charge on any atom is 0.173 e. The van der Waals surface area contributed by atoms with Crippen LogP contribution in [-0.4, -0.2) is 15.9 Å². The van der Waals surface area contributed by atoms with Crippen molar-refractivity contribution in [3.8, 4) is 11.3 Å². The number of ketones is 1. The summed E-state index contributed by atoms with van der Waals surface area (Å²) >= 11 is 7.17. The van der Waals surface area contributed by atoms with Crippen molar-refractivity contribution in [2.45, 2.75) is 12.8 Å². The Balaban J connectivity index is 1.37. The first-order chi connectivity index (χ1) is 13.7. The van der Waals surface area contributed by atoms with Gasteiger partial charge in [-0.25, -0.2) is 4.98 Å². The van der Waals surface area contributed by atoms with E-state index < -0.39 is 0 Å². The number of thiophene rings is 1. The fourth-order valence-corrected chi connectivity index (χ4v) is 3.71. The zero-order chi connectivity index (χ0) is 19.3. The monoisotopic (exact) mass is 409 g/mol. The average molecular weight is 410 g/mol. The van der Waals surface area contributed by atoms with E-state index in [0.717, 1.165) is 22.8 Å². The van der Waals surface area contributed by atoms with Crippen LogP contribution in [-0.2, 0) is 6.42 Å². The van der Waals surface area contributed by atoms with Gasteiger partial charge in [0.2, 0.25) is 0 Å². The number of carbonyl (C=O) groups excluding carboxylic acids is 1. The Morgan fingerprint density at radius 2 is 1.96 bits per heavy atom. The largest absolute Gasteiger partial charge is 0.361 e. The van der Waals surface area contributed by atoms with E-state index in [0.29, 0.717) is 27.8 Å². The van der Waals surface area contributed by atoms with Crippen molar-refractivity contribution in [2.75, 3.05) is 5.32 Å². The van der Waals surface area contributed by atoms with Crippen molar-refractivity contribution in [3.05, 3.63) is 81.8 Å². The molecule has 1 N–H and O–H groups in total. The third-order valence-electron chi connectivity index (χ3n) is 4.12. The van der Waals surface area contributed by atoms with Crippen molar-refractivity contribution in [1.82, 2.24) is 10.1 Å². The molecule has 0 spiro atoms. The van der Waals surface area contributed by atoms with Crippen LogP contribution < -0.4 is 5.32 Å². The molecule has 0 saturated heterocycles. The molecule has 28 heavy (non-hydrogen) atoms. The van der Waals surface area contributed by atoms with Crippen LogP contribution in [0.3, 0.4) is 0 Å². The standard InChI is InChI=1S/C21H16ClN3O2S/c22-20-11-10-19(28-20)18(26)9-8-16-13-17(25-27-16)14-4-6-15(7-5-14)24-21-3-1-2-12-23-21/h1-7,10-13H,8-9H2,(H,23,24). The van der Waals surface area contributed by atoms with Gasteiger partial charge in [-0.2, -0.15) is 0 Å². The van der Waals surface area contributed by atoms with Gasteiger partial charge in [0.1, 0.15) is 17.3 Å². The average Bonchev–Trinajstić information content (AvgIpc) is 3.37. The van der Waals surface area contributed by atoms with Crippen LogP contribution in [0.1, 0.15) is 21.9 Å². The zero-order valence-corrected chi connectivity index (χ0v) is 16.3. The lowest BCUT2D eigenvalue weighted by molar-refractivity contribution is 0.0984. The second-order valence-corrected chi connectivity index (χ2v) is 7.84. The first kappa shape index (κ1) is 18.4. The number of hydrogen-bond acceptors (Lipinski definition) is 6. The number of carbonyl (C=O) groups is 1. The molecule has 1 aromatic carbocycles. The third-order valence-corrected chi connectivity index (χ3v) is 5.40. The highest BCUT2D eigenvalue weighted by molar-refractivity contribution is 7.18. The van der Waals surface area contributed by atoms with Crippen LogP contribution in [0.25, 0.3) is 11.3 Å². The number of nitrogens with zero attached hydrogens (tertiary/aromatic N) is 2. The number of anilines is 2. The van der Waals surface area contributed by atoms with E-state index in [-0.39, 0.29) is 5.78 Å². The first-order valence-electron chi connectivity index (χ1n) is 8.70. The number of nitrogens with one attached hydrogen (secondary N) is 1. The van der Waals surface area contributed by atoms with E-state index in [2.05, 4.69) is 15.5 Å². The summed E-state index contributed by atoms with van der Waals surface area (Å²) in [6.07, 6.45) is 2.60. The lowest BCUT2D eigenvalue weighted by atomic mass is 10.1. The first-order valence-corrected chi connectivity index (χ1v) is 9.89. The normalized spacial score (nSPS) is 10.8. The minimum Gasteiger partial charge on any atom is -0.361 e. The molecule has 4 aromatic rings. The molecule has 5 nitrogen and oxygen atoms in total. The molecule has 0 amide bonds. The summed E-state index contributed by atoms with van der Waals surface area (Å²) in [4.78, 5) is 17.1. The Hall–Kier alpha value is -2.96. The lowest BCUT2D eigenvalue weighted by Crippen LogP contribution is -1.97. The van der Waals surface area contributed by atoms with Crippen molar-refractivity contribution < 1.29 is 9.32 Å². The number of benzene rings is 1. The molecule has 0 aliphatic carbocycles. The van der Waals surface area contributed by atoms with E-state index >= 15 is 0 Å². The quantitative estimate of drug-likeness (QED) is 0.378. The molecule has 0 unspecified atom stereocenters. The highest BCUT2D eigenvalue weighted by atomic mass is 35.5. The molecular formula is C21H16ClN3O2S. The van der Waals surface area contributed by atoms with Gasteiger partial charge in [-0.05, 0) is 36.4 Å². The van der Waals surface area contributed by atoms with Crippen molar-refractivity contribution >= 4 is 40.2 Å². The zero-order valence-electron chi connectivity index (χ0n) is 14.8. The Labute approximate surface area is 171 Å². The van der Waals surface area contributed by atoms with Crippen LogP contribution in [0, 0.1) is 0 Å². The number of aromatic nitrogens is 2. The summed E-state index contributed by atoms with van der Waals surface area (Å²) < 4.78 is 6.00. The van der Waals surface area contributed by atoms with Crippen LogP contribution in [0.2, 0.25) is 4.34 Å². The molecule has 0 saturated carbocycles. The van der Waals surface area contributed by atoms with Crippen LogP contribution in [0.15, 0.2) is 71.4 Å². The highest BCUT2D eigenvalue weighted by Gasteiger charge is 2.12. The lowest BCUT2D eigenvalue weighted by Gasteiger charge is -2.05. The Bertz CT molecular complexity index is 1070. The highest BCUT2D eigenvalue weighted by Crippen LogP contribution is 2.25. The van der Waals surface area contributed by atoms with Gasteiger partial charge in [0.15, 0.2) is 5.78 Å². The van der Waals surface area contributed by atoms with Gasteiger partial charge in [0, 0.05) is 36.4 Å². The molecule has 0 bridgehead atoms. The predicted molar refractivity (Wildman–Crippen MR) is 111 cm³/mol. The molecule has 0 fully saturated rings. The van der Waals surface area contributed by atoms with Crippen molar-refractivity contribution in [2.24, 2.45) is 0 Å². The number of aryl methyl sites for hydroxylation is 1. The summed E-state index contributed by atoms with van der Waals surface area (Å²) in [5, 5.41) is 7.35. The number of hydrogen-bond donors (Lipinski definition) is 1. The van der Waals surface area contributed by atoms with Gasteiger partial charge in [0.05, 0.1) is 9.21 Å². The Kier molecular flexibility index (Phi) is 5.50. The van der Waals surface area contributed by atoms with E-state index in [9.17, 15) is 4.79 Å². The van der Waals surface area contributed by atoms with Gasteiger partial charge in [-0.15, -0.1) is 11.3 Å². The molecule has 0 atom stereocenters. The minimum atomic E-state index is 0.0554. The summed E-state index contributed by atoms with van der Waals surface area (Å²) in [6.45, 7) is 0. The number of Topliss-reactive ketones (excluding diaryl/α,β-unsaturated/α-hetero) is 1. The number of pyridine rings is 1. The predicted octanol–water partition coefficient (Wildman–Crippen LogP) is 6.01. The summed E-state index contributed by atoms with van der Waals surface area (Å²) in [6, 6.07) is 18.9. The maximum atomic E-state index is 12.2. The molecule has 0 aliphatic rings. The summed E-state index contributed by atoms with van der Waals surface area (Å²) in [5.74, 6) is 1.53. The van der Waals surface area contributed by atoms with E-state index in [1.807, 2.05) is 48.5 Å². The number of halogens is 1. The van der Waals surface area contributed by atoms with E-state index in [1.54, 1.807) is 18.3 Å².